The van der Waals surface area contributed by atoms with E-state index in [1.807, 2.05) is 30.3 Å². The van der Waals surface area contributed by atoms with Crippen molar-refractivity contribution in [2.45, 2.75) is 6.54 Å². The first-order chi connectivity index (χ1) is 8.33. The minimum Gasteiger partial charge on any atom is -0.493 e. The highest BCUT2D eigenvalue weighted by Gasteiger charge is 2.04. The lowest BCUT2D eigenvalue weighted by molar-refractivity contribution is 0.374. The van der Waals surface area contributed by atoms with E-state index in [-0.39, 0.29) is 0 Å². The Bertz CT molecular complexity index is 483. The fraction of sp³-hybridized carbons (Fsp3) is 0.154. The van der Waals surface area contributed by atoms with E-state index in [2.05, 4.69) is 4.98 Å². The molecule has 2 N–H and O–H groups in total. The first-order valence-electron chi connectivity index (χ1n) is 5.29. The number of hydrogen-bond acceptors (Lipinski definition) is 4. The van der Waals surface area contributed by atoms with Crippen molar-refractivity contribution in [2.24, 2.45) is 5.73 Å². The molecule has 0 atom stereocenters. The molecule has 0 bridgehead atoms. The Kier molecular flexibility index (Phi) is 3.57. The van der Waals surface area contributed by atoms with Crippen LogP contribution in [0.4, 0.5) is 0 Å². The van der Waals surface area contributed by atoms with E-state index in [0.717, 1.165) is 5.56 Å². The van der Waals surface area contributed by atoms with Crippen LogP contribution >= 0.6 is 0 Å². The first kappa shape index (κ1) is 11.4. The predicted molar refractivity (Wildman–Crippen MR) is 65.2 cm³/mol. The number of benzene rings is 1. The summed E-state index contributed by atoms with van der Waals surface area (Å²) in [7, 11) is 1.60. The number of rotatable bonds is 4. The summed E-state index contributed by atoms with van der Waals surface area (Å²) in [6.07, 6.45) is 1.70. The van der Waals surface area contributed by atoms with Crippen LogP contribution in [0.25, 0.3) is 0 Å². The SMILES string of the molecule is COc1ccccc1Oc1ccc(CN)cn1. The fourth-order valence-corrected chi connectivity index (χ4v) is 1.41. The third-order valence-electron chi connectivity index (χ3n) is 2.32. The van der Waals surface area contributed by atoms with Gasteiger partial charge in [0, 0.05) is 18.8 Å². The maximum absolute atomic E-state index is 5.62. The molecular weight excluding hydrogens is 216 g/mol. The van der Waals surface area contributed by atoms with Crippen LogP contribution in [0.5, 0.6) is 17.4 Å². The van der Waals surface area contributed by atoms with Crippen LogP contribution in [0.3, 0.4) is 0 Å². The van der Waals surface area contributed by atoms with Crippen LogP contribution < -0.4 is 15.2 Å². The molecule has 0 fully saturated rings. The number of pyridine rings is 1. The molecule has 0 aliphatic rings. The number of methoxy groups -OCH3 is 1. The van der Waals surface area contributed by atoms with Gasteiger partial charge in [0.25, 0.3) is 0 Å². The highest BCUT2D eigenvalue weighted by molar-refractivity contribution is 5.41. The van der Waals surface area contributed by atoms with Crippen molar-refractivity contribution in [3.05, 3.63) is 48.2 Å². The summed E-state index contributed by atoms with van der Waals surface area (Å²) >= 11 is 0. The van der Waals surface area contributed by atoms with Crippen molar-refractivity contribution in [2.75, 3.05) is 7.11 Å². The Morgan fingerprint density at radius 3 is 2.47 bits per heavy atom. The molecule has 0 spiro atoms. The average Bonchev–Trinajstić information content (AvgIpc) is 2.40. The number of para-hydroxylation sites is 2. The summed E-state index contributed by atoms with van der Waals surface area (Å²) in [5.74, 6) is 1.84. The van der Waals surface area contributed by atoms with Gasteiger partial charge in [-0.3, -0.25) is 0 Å². The molecule has 2 rings (SSSR count). The van der Waals surface area contributed by atoms with E-state index in [1.165, 1.54) is 0 Å². The molecule has 0 unspecified atom stereocenters. The summed E-state index contributed by atoms with van der Waals surface area (Å²) in [6, 6.07) is 11.1. The van der Waals surface area contributed by atoms with E-state index >= 15 is 0 Å². The maximum Gasteiger partial charge on any atom is 0.219 e. The van der Waals surface area contributed by atoms with Crippen LogP contribution in [0.2, 0.25) is 0 Å². The van der Waals surface area contributed by atoms with Crippen LogP contribution in [-0.4, -0.2) is 12.1 Å². The minimum atomic E-state index is 0.474. The van der Waals surface area contributed by atoms with E-state index < -0.39 is 0 Å². The van der Waals surface area contributed by atoms with Gasteiger partial charge < -0.3 is 15.2 Å². The van der Waals surface area contributed by atoms with Crippen molar-refractivity contribution >= 4 is 0 Å². The van der Waals surface area contributed by atoms with Crippen molar-refractivity contribution in [3.8, 4) is 17.4 Å². The van der Waals surface area contributed by atoms with Gasteiger partial charge >= 0.3 is 0 Å². The molecular formula is C13H14N2O2. The molecule has 0 saturated carbocycles. The lowest BCUT2D eigenvalue weighted by atomic mass is 10.3. The number of aromatic nitrogens is 1. The summed E-state index contributed by atoms with van der Waals surface area (Å²) in [6.45, 7) is 0.474. The Morgan fingerprint density at radius 1 is 1.12 bits per heavy atom. The second-order valence-electron chi connectivity index (χ2n) is 3.46. The predicted octanol–water partition coefficient (Wildman–Crippen LogP) is 2.34. The van der Waals surface area contributed by atoms with Crippen molar-refractivity contribution in [1.82, 2.24) is 4.98 Å². The third kappa shape index (κ3) is 2.73. The molecule has 88 valence electrons. The lowest BCUT2D eigenvalue weighted by Crippen LogP contribution is -1.97. The molecule has 4 heteroatoms. The van der Waals surface area contributed by atoms with Gasteiger partial charge in [-0.15, -0.1) is 0 Å². The van der Waals surface area contributed by atoms with E-state index in [9.17, 15) is 0 Å². The average molecular weight is 230 g/mol. The molecule has 0 aliphatic heterocycles. The summed E-state index contributed by atoms with van der Waals surface area (Å²) in [4.78, 5) is 4.16. The van der Waals surface area contributed by atoms with Crippen LogP contribution in [0.15, 0.2) is 42.6 Å². The minimum absolute atomic E-state index is 0.474. The number of nitrogens with two attached hydrogens (primary N) is 1. The van der Waals surface area contributed by atoms with Gasteiger partial charge in [0.15, 0.2) is 11.5 Å². The lowest BCUT2D eigenvalue weighted by Gasteiger charge is -2.09. The largest absolute Gasteiger partial charge is 0.493 e. The zero-order valence-electron chi connectivity index (χ0n) is 9.59. The van der Waals surface area contributed by atoms with Crippen LogP contribution in [0, 0.1) is 0 Å². The Balaban J connectivity index is 2.19. The molecule has 0 amide bonds. The van der Waals surface area contributed by atoms with E-state index in [1.54, 1.807) is 19.4 Å². The Labute approximate surface area is 100 Å². The van der Waals surface area contributed by atoms with Gasteiger partial charge in [-0.1, -0.05) is 18.2 Å². The maximum atomic E-state index is 5.62. The highest BCUT2D eigenvalue weighted by atomic mass is 16.5. The number of nitrogens with zero attached hydrogens (tertiary/aromatic N) is 1. The van der Waals surface area contributed by atoms with Gasteiger partial charge in [0.1, 0.15) is 0 Å². The number of hydrogen-bond donors (Lipinski definition) is 1. The van der Waals surface area contributed by atoms with Gasteiger partial charge in [0.05, 0.1) is 7.11 Å². The molecule has 1 heterocycles. The zero-order chi connectivity index (χ0) is 12.1. The molecule has 4 nitrogen and oxygen atoms in total. The summed E-state index contributed by atoms with van der Waals surface area (Å²) < 4.78 is 10.8. The first-order valence-corrected chi connectivity index (χ1v) is 5.29. The second-order valence-corrected chi connectivity index (χ2v) is 3.46. The van der Waals surface area contributed by atoms with Gasteiger partial charge in [-0.05, 0) is 17.7 Å². The summed E-state index contributed by atoms with van der Waals surface area (Å²) in [5, 5.41) is 0. The quantitative estimate of drug-likeness (QED) is 0.875. The molecule has 0 saturated heterocycles. The molecule has 1 aromatic heterocycles. The van der Waals surface area contributed by atoms with Crippen molar-refractivity contribution < 1.29 is 9.47 Å². The highest BCUT2D eigenvalue weighted by Crippen LogP contribution is 2.29. The Morgan fingerprint density at radius 2 is 1.88 bits per heavy atom. The second kappa shape index (κ2) is 5.32. The monoisotopic (exact) mass is 230 g/mol. The fourth-order valence-electron chi connectivity index (χ4n) is 1.41. The van der Waals surface area contributed by atoms with Crippen molar-refractivity contribution in [1.29, 1.82) is 0 Å². The van der Waals surface area contributed by atoms with Crippen LogP contribution in [-0.2, 0) is 6.54 Å². The standard InChI is InChI=1S/C13H14N2O2/c1-16-11-4-2-3-5-12(11)17-13-7-6-10(8-14)9-15-13/h2-7,9H,8,14H2,1H3. The molecule has 2 aromatic rings. The summed E-state index contributed by atoms with van der Waals surface area (Å²) in [5.41, 5.74) is 6.47. The van der Waals surface area contributed by atoms with Gasteiger partial charge in [0.2, 0.25) is 5.88 Å². The van der Waals surface area contributed by atoms with Crippen molar-refractivity contribution in [3.63, 3.8) is 0 Å². The topological polar surface area (TPSA) is 57.4 Å². The van der Waals surface area contributed by atoms with E-state index in [0.29, 0.717) is 23.9 Å². The zero-order valence-corrected chi connectivity index (χ0v) is 9.59. The molecule has 1 aromatic carbocycles. The molecule has 0 aliphatic carbocycles. The molecule has 17 heavy (non-hydrogen) atoms. The van der Waals surface area contributed by atoms with Gasteiger partial charge in [-0.2, -0.15) is 0 Å². The Hall–Kier alpha value is -2.07. The number of ether oxygens (including phenoxy) is 2. The van der Waals surface area contributed by atoms with Gasteiger partial charge in [-0.25, -0.2) is 4.98 Å². The smallest absolute Gasteiger partial charge is 0.219 e. The molecule has 0 radical (unpaired) electrons. The van der Waals surface area contributed by atoms with Crippen LogP contribution in [0.1, 0.15) is 5.56 Å². The van der Waals surface area contributed by atoms with E-state index in [4.69, 9.17) is 15.2 Å². The third-order valence-corrected chi connectivity index (χ3v) is 2.32. The normalized spacial score (nSPS) is 10.0.